The predicted octanol–water partition coefficient (Wildman–Crippen LogP) is -4.33. The molecule has 9 rings (SSSR count). The molecule has 5 heterocycles. The zero-order chi connectivity index (χ0) is 55.8. The third-order valence-electron chi connectivity index (χ3n) is 20.4. The Balaban J connectivity index is 0.966. The molecule has 4 aliphatic carbocycles. The minimum absolute atomic E-state index is 0.0511. The number of aliphatic hydroxyl groups is 15. The van der Waals surface area contributed by atoms with Crippen molar-refractivity contribution in [3.8, 4) is 0 Å². The summed E-state index contributed by atoms with van der Waals surface area (Å²) in [6.07, 6.45) is -28.7. The summed E-state index contributed by atoms with van der Waals surface area (Å²) >= 11 is 0. The molecule has 33 unspecified atom stereocenters. The van der Waals surface area contributed by atoms with Gasteiger partial charge < -0.3 is 124 Å². The fraction of sp³-hybridized carbons (Fsp3) is 1.00. The number of hydrogen-bond acceptors (Lipinski definition) is 25. The Morgan fingerprint density at radius 3 is 1.60 bits per heavy atom. The van der Waals surface area contributed by atoms with Crippen molar-refractivity contribution in [2.24, 2.45) is 52.3 Å². The van der Waals surface area contributed by atoms with Crippen molar-refractivity contribution in [2.45, 2.75) is 232 Å². The molecule has 4 saturated carbocycles. The second-order valence-corrected chi connectivity index (χ2v) is 24.6. The molecule has 5 saturated heterocycles. The highest BCUT2D eigenvalue weighted by Gasteiger charge is 2.70. The minimum Gasteiger partial charge on any atom is -0.394 e. The summed E-state index contributed by atoms with van der Waals surface area (Å²) in [7, 11) is 1.66. The molecule has 0 spiro atoms. The number of rotatable bonds is 17. The lowest BCUT2D eigenvalue weighted by atomic mass is 9.43. The molecular weight excluding hydrogens is 1020 g/mol. The van der Waals surface area contributed by atoms with Crippen LogP contribution in [0.5, 0.6) is 0 Å². The van der Waals surface area contributed by atoms with Gasteiger partial charge in [0.25, 0.3) is 0 Å². The summed E-state index contributed by atoms with van der Waals surface area (Å²) in [6, 6.07) is 0. The first-order valence-corrected chi connectivity index (χ1v) is 27.9. The molecule has 25 nitrogen and oxygen atoms in total. The van der Waals surface area contributed by atoms with Crippen molar-refractivity contribution in [1.82, 2.24) is 0 Å². The number of methoxy groups -OCH3 is 1. The van der Waals surface area contributed by atoms with Crippen LogP contribution < -0.4 is 0 Å². The summed E-state index contributed by atoms with van der Waals surface area (Å²) in [5, 5.41) is 160. The van der Waals surface area contributed by atoms with Crippen molar-refractivity contribution in [1.29, 1.82) is 0 Å². The van der Waals surface area contributed by atoms with E-state index in [2.05, 4.69) is 20.8 Å². The van der Waals surface area contributed by atoms with Crippen LogP contribution in [0.3, 0.4) is 0 Å². The number of aliphatic hydroxyl groups excluding tert-OH is 15. The standard InChI is InChI=1S/C52H88O25/c1-20(19-69-46-41(65)38(62)34(58)29(15-53)71-46)6-11-52(68-5)21(2)33-28(77-52)14-25-23-13-27(26-12-22(57)7-9-50(26,3)24(23)8-10-51(25,33)4)70-49-45(76-48-43(67)40(64)36(60)31(17-55)73-48)44(37(61)32(18-56)74-49)75-47-42(66)39(63)35(59)30(16-54)72-47/h20-49,53-67H,6-19H2,1-5H3. The summed E-state index contributed by atoms with van der Waals surface area (Å²) in [4.78, 5) is 0. The Morgan fingerprint density at radius 1 is 0.532 bits per heavy atom. The summed E-state index contributed by atoms with van der Waals surface area (Å²) < 4.78 is 62.4. The van der Waals surface area contributed by atoms with Gasteiger partial charge in [0.05, 0.1) is 51.3 Å². The van der Waals surface area contributed by atoms with Gasteiger partial charge in [0.1, 0.15) is 97.7 Å². The van der Waals surface area contributed by atoms with Gasteiger partial charge in [-0.3, -0.25) is 0 Å². The summed E-state index contributed by atoms with van der Waals surface area (Å²) in [5.41, 5.74) is -0.593. The number of fused-ring (bicyclic) bond motifs is 7. The third-order valence-corrected chi connectivity index (χ3v) is 20.4. The Kier molecular flexibility index (Phi) is 18.8. The van der Waals surface area contributed by atoms with E-state index in [0.717, 1.165) is 19.3 Å². The van der Waals surface area contributed by atoms with E-state index < -0.39 is 167 Å². The fourth-order valence-electron chi connectivity index (χ4n) is 16.0. The molecule has 77 heavy (non-hydrogen) atoms. The van der Waals surface area contributed by atoms with Crippen LogP contribution in [-0.2, 0) is 47.4 Å². The van der Waals surface area contributed by atoms with Crippen molar-refractivity contribution < 1.29 is 124 Å². The van der Waals surface area contributed by atoms with Crippen LogP contribution in [0, 0.1) is 52.3 Å². The molecule has 33 atom stereocenters. The fourth-order valence-corrected chi connectivity index (χ4v) is 16.0. The second kappa shape index (κ2) is 23.9. The van der Waals surface area contributed by atoms with Crippen molar-refractivity contribution >= 4 is 0 Å². The first-order chi connectivity index (χ1) is 36.5. The van der Waals surface area contributed by atoms with E-state index in [9.17, 15) is 76.6 Å². The molecule has 0 aromatic rings. The van der Waals surface area contributed by atoms with E-state index in [1.807, 2.05) is 6.92 Å². The van der Waals surface area contributed by atoms with Crippen LogP contribution >= 0.6 is 0 Å². The molecule has 0 aromatic heterocycles. The first kappa shape index (κ1) is 60.6. The molecule has 0 radical (unpaired) electrons. The van der Waals surface area contributed by atoms with Crippen LogP contribution in [0.15, 0.2) is 0 Å². The SMILES string of the molecule is COC1(CCC(C)COC2OC(CO)C(O)C(O)C2O)OC2CC3C4CC(OC5OC(CO)C(O)C(OC6OC(CO)C(O)C(O)C6O)C5OC5OC(CO)C(O)C(O)C5O)C5CC(O)CCC5(C)C4CCC3(C)C2C1C. The van der Waals surface area contributed by atoms with Crippen LogP contribution in [-0.4, -0.2) is 264 Å². The van der Waals surface area contributed by atoms with E-state index in [1.165, 1.54) is 0 Å². The van der Waals surface area contributed by atoms with E-state index >= 15 is 0 Å². The molecule has 446 valence electrons. The normalized spacial score (nSPS) is 55.2. The van der Waals surface area contributed by atoms with Gasteiger partial charge in [-0.05, 0) is 97.7 Å². The predicted molar refractivity (Wildman–Crippen MR) is 258 cm³/mol. The van der Waals surface area contributed by atoms with Gasteiger partial charge in [-0.25, -0.2) is 0 Å². The number of ether oxygens (including phenoxy) is 10. The second-order valence-electron chi connectivity index (χ2n) is 24.6. The molecule has 15 N–H and O–H groups in total. The van der Waals surface area contributed by atoms with E-state index in [-0.39, 0.29) is 65.0 Å². The van der Waals surface area contributed by atoms with Crippen LogP contribution in [0.2, 0.25) is 0 Å². The number of hydrogen-bond donors (Lipinski definition) is 15. The van der Waals surface area contributed by atoms with Gasteiger partial charge in [0, 0.05) is 19.4 Å². The van der Waals surface area contributed by atoms with Gasteiger partial charge in [-0.2, -0.15) is 0 Å². The van der Waals surface area contributed by atoms with Gasteiger partial charge in [0.2, 0.25) is 0 Å². The van der Waals surface area contributed by atoms with Crippen molar-refractivity contribution in [2.75, 3.05) is 40.1 Å². The zero-order valence-electron chi connectivity index (χ0n) is 44.5. The maximum absolute atomic E-state index is 11.9. The molecular formula is C52H88O25. The lowest BCUT2D eigenvalue weighted by Crippen LogP contribution is -2.68. The Hall–Kier alpha value is -1.00. The van der Waals surface area contributed by atoms with E-state index in [0.29, 0.717) is 38.5 Å². The average molecular weight is 1110 g/mol. The highest BCUT2D eigenvalue weighted by atomic mass is 16.8. The largest absolute Gasteiger partial charge is 0.394 e. The van der Waals surface area contributed by atoms with E-state index in [4.69, 9.17) is 47.4 Å². The molecule has 0 aromatic carbocycles. The molecule has 5 aliphatic heterocycles. The highest BCUT2D eigenvalue weighted by molar-refractivity contribution is 5.16. The topological polar surface area (TPSA) is 396 Å². The first-order valence-electron chi connectivity index (χ1n) is 27.9. The highest BCUT2D eigenvalue weighted by Crippen LogP contribution is 2.71. The van der Waals surface area contributed by atoms with Gasteiger partial charge in [0.15, 0.2) is 30.9 Å². The van der Waals surface area contributed by atoms with Crippen LogP contribution in [0.1, 0.15) is 85.5 Å². The molecule has 25 heteroatoms. The Bertz CT molecular complexity index is 1920. The van der Waals surface area contributed by atoms with Crippen LogP contribution in [0.4, 0.5) is 0 Å². The van der Waals surface area contributed by atoms with Gasteiger partial charge in [-0.15, -0.1) is 0 Å². The Morgan fingerprint density at radius 2 is 1.04 bits per heavy atom. The molecule has 0 amide bonds. The zero-order valence-corrected chi connectivity index (χ0v) is 44.5. The quantitative estimate of drug-likeness (QED) is 0.0612. The summed E-state index contributed by atoms with van der Waals surface area (Å²) in [6.45, 7) is 5.94. The summed E-state index contributed by atoms with van der Waals surface area (Å²) in [5.74, 6) is -0.815. The monoisotopic (exact) mass is 1110 g/mol. The lowest BCUT2D eigenvalue weighted by molar-refractivity contribution is -0.399. The smallest absolute Gasteiger partial charge is 0.187 e. The lowest BCUT2D eigenvalue weighted by Gasteiger charge is -2.63. The minimum atomic E-state index is -1.95. The van der Waals surface area contributed by atoms with Crippen molar-refractivity contribution in [3.63, 3.8) is 0 Å². The maximum Gasteiger partial charge on any atom is 0.187 e. The average Bonchev–Trinajstić information content (AvgIpc) is 3.88. The molecule has 0 bridgehead atoms. The molecule has 9 aliphatic rings. The van der Waals surface area contributed by atoms with Gasteiger partial charge >= 0.3 is 0 Å². The van der Waals surface area contributed by atoms with E-state index in [1.54, 1.807) is 7.11 Å². The van der Waals surface area contributed by atoms with Gasteiger partial charge in [-0.1, -0.05) is 27.7 Å². The van der Waals surface area contributed by atoms with Crippen LogP contribution in [0.25, 0.3) is 0 Å². The van der Waals surface area contributed by atoms with Crippen molar-refractivity contribution in [3.05, 3.63) is 0 Å². The third kappa shape index (κ3) is 10.8. The maximum atomic E-state index is 11.9. The molecule has 9 fully saturated rings. The Labute approximate surface area is 447 Å².